The van der Waals surface area contributed by atoms with Crippen LogP contribution in [0.1, 0.15) is 19.4 Å². The molecular formula is C16H17Cl2NO. The average Bonchev–Trinajstić information content (AvgIpc) is 2.41. The van der Waals surface area contributed by atoms with Crippen molar-refractivity contribution < 1.29 is 4.74 Å². The molecule has 0 unspecified atom stereocenters. The summed E-state index contributed by atoms with van der Waals surface area (Å²) in [5.74, 6) is 1.40. The molecule has 106 valence electrons. The Morgan fingerprint density at radius 2 is 1.80 bits per heavy atom. The van der Waals surface area contributed by atoms with E-state index in [0.29, 0.717) is 21.8 Å². The fraction of sp³-hybridized carbons (Fsp3) is 0.250. The molecule has 0 saturated heterocycles. The van der Waals surface area contributed by atoms with Crippen LogP contribution in [-0.2, 0) is 6.54 Å². The summed E-state index contributed by atoms with van der Waals surface area (Å²) in [6.45, 7) is 4.97. The lowest BCUT2D eigenvalue weighted by Gasteiger charge is -2.14. The number of nitrogens with one attached hydrogen (secondary N) is 1. The van der Waals surface area contributed by atoms with Gasteiger partial charge < -0.3 is 10.1 Å². The van der Waals surface area contributed by atoms with Gasteiger partial charge in [0.15, 0.2) is 0 Å². The van der Waals surface area contributed by atoms with Gasteiger partial charge in [0.25, 0.3) is 0 Å². The zero-order valence-electron chi connectivity index (χ0n) is 11.5. The van der Waals surface area contributed by atoms with Gasteiger partial charge in [0.05, 0.1) is 5.02 Å². The number of halogens is 2. The lowest BCUT2D eigenvalue weighted by molar-refractivity contribution is 0.469. The van der Waals surface area contributed by atoms with E-state index in [1.807, 2.05) is 24.3 Å². The summed E-state index contributed by atoms with van der Waals surface area (Å²) < 4.78 is 5.90. The van der Waals surface area contributed by atoms with E-state index in [2.05, 4.69) is 19.2 Å². The van der Waals surface area contributed by atoms with Crippen LogP contribution in [0, 0.1) is 0 Å². The Morgan fingerprint density at radius 1 is 1.05 bits per heavy atom. The van der Waals surface area contributed by atoms with Crippen LogP contribution in [0.2, 0.25) is 10.0 Å². The Hall–Kier alpha value is -1.22. The maximum absolute atomic E-state index is 6.13. The smallest absolute Gasteiger partial charge is 0.146 e. The van der Waals surface area contributed by atoms with Crippen molar-refractivity contribution in [1.29, 1.82) is 0 Å². The van der Waals surface area contributed by atoms with Crippen molar-refractivity contribution in [3.8, 4) is 11.5 Å². The first-order chi connectivity index (χ1) is 9.56. The third-order valence-corrected chi connectivity index (χ3v) is 3.32. The third-order valence-electron chi connectivity index (χ3n) is 2.79. The minimum atomic E-state index is 0.419. The normalized spacial score (nSPS) is 10.8. The topological polar surface area (TPSA) is 21.3 Å². The van der Waals surface area contributed by atoms with E-state index >= 15 is 0 Å². The number of benzene rings is 2. The van der Waals surface area contributed by atoms with Gasteiger partial charge in [-0.1, -0.05) is 55.2 Å². The van der Waals surface area contributed by atoms with E-state index in [-0.39, 0.29) is 0 Å². The Kier molecular flexibility index (Phi) is 5.30. The molecule has 2 aromatic rings. The first-order valence-electron chi connectivity index (χ1n) is 6.50. The van der Waals surface area contributed by atoms with E-state index in [4.69, 9.17) is 27.9 Å². The SMILES string of the molecule is CC(C)NCc1ccccc1Oc1ccc(Cl)cc1Cl. The maximum atomic E-state index is 6.13. The third kappa shape index (κ3) is 4.14. The van der Waals surface area contributed by atoms with Crippen LogP contribution in [0.4, 0.5) is 0 Å². The molecule has 0 aliphatic heterocycles. The molecule has 0 saturated carbocycles. The van der Waals surface area contributed by atoms with Crippen molar-refractivity contribution in [2.24, 2.45) is 0 Å². The Balaban J connectivity index is 2.20. The zero-order valence-corrected chi connectivity index (χ0v) is 13.0. The molecule has 0 radical (unpaired) electrons. The average molecular weight is 310 g/mol. The highest BCUT2D eigenvalue weighted by molar-refractivity contribution is 6.35. The molecule has 0 aliphatic rings. The zero-order chi connectivity index (χ0) is 14.5. The molecule has 2 aromatic carbocycles. The van der Waals surface area contributed by atoms with E-state index in [0.717, 1.165) is 17.9 Å². The van der Waals surface area contributed by atoms with Gasteiger partial charge in [-0.25, -0.2) is 0 Å². The van der Waals surface area contributed by atoms with E-state index in [1.54, 1.807) is 18.2 Å². The quantitative estimate of drug-likeness (QED) is 0.811. The van der Waals surface area contributed by atoms with Crippen molar-refractivity contribution in [3.63, 3.8) is 0 Å². The molecule has 0 heterocycles. The molecule has 0 atom stereocenters. The van der Waals surface area contributed by atoms with Gasteiger partial charge in [0, 0.05) is 23.2 Å². The summed E-state index contributed by atoms with van der Waals surface area (Å²) in [5, 5.41) is 4.48. The van der Waals surface area contributed by atoms with Crippen LogP contribution < -0.4 is 10.1 Å². The highest BCUT2D eigenvalue weighted by Crippen LogP contribution is 2.33. The summed E-state index contributed by atoms with van der Waals surface area (Å²) >= 11 is 12.0. The molecule has 2 rings (SSSR count). The van der Waals surface area contributed by atoms with E-state index in [9.17, 15) is 0 Å². The van der Waals surface area contributed by atoms with Crippen molar-refractivity contribution in [1.82, 2.24) is 5.32 Å². The van der Waals surface area contributed by atoms with Gasteiger partial charge in [0.2, 0.25) is 0 Å². The largest absolute Gasteiger partial charge is 0.455 e. The van der Waals surface area contributed by atoms with Crippen LogP contribution in [0.3, 0.4) is 0 Å². The minimum Gasteiger partial charge on any atom is -0.455 e. The fourth-order valence-electron chi connectivity index (χ4n) is 1.74. The minimum absolute atomic E-state index is 0.419. The molecule has 20 heavy (non-hydrogen) atoms. The summed E-state index contributed by atoms with van der Waals surface area (Å²) in [5.41, 5.74) is 1.09. The number of para-hydroxylation sites is 1. The molecule has 0 fully saturated rings. The second-order valence-electron chi connectivity index (χ2n) is 4.82. The first-order valence-corrected chi connectivity index (χ1v) is 7.26. The maximum Gasteiger partial charge on any atom is 0.146 e. The number of hydrogen-bond acceptors (Lipinski definition) is 2. The Bertz CT molecular complexity index is 584. The van der Waals surface area contributed by atoms with Gasteiger partial charge in [-0.2, -0.15) is 0 Å². The van der Waals surface area contributed by atoms with Crippen LogP contribution in [0.15, 0.2) is 42.5 Å². The highest BCUT2D eigenvalue weighted by atomic mass is 35.5. The monoisotopic (exact) mass is 309 g/mol. The summed E-state index contributed by atoms with van der Waals surface area (Å²) in [6, 6.07) is 13.5. The highest BCUT2D eigenvalue weighted by Gasteiger charge is 2.08. The lowest BCUT2D eigenvalue weighted by Crippen LogP contribution is -2.22. The predicted octanol–water partition coefficient (Wildman–Crippen LogP) is 5.28. The van der Waals surface area contributed by atoms with Gasteiger partial charge in [0.1, 0.15) is 11.5 Å². The van der Waals surface area contributed by atoms with Gasteiger partial charge in [-0.3, -0.25) is 0 Å². The second kappa shape index (κ2) is 6.98. The first kappa shape index (κ1) is 15.2. The molecule has 1 N–H and O–H groups in total. The molecule has 0 spiro atoms. The molecule has 2 nitrogen and oxygen atoms in total. The summed E-state index contributed by atoms with van der Waals surface area (Å²) in [7, 11) is 0. The Labute approximate surface area is 129 Å². The second-order valence-corrected chi connectivity index (χ2v) is 5.66. The Morgan fingerprint density at radius 3 is 2.50 bits per heavy atom. The fourth-order valence-corrected chi connectivity index (χ4v) is 2.19. The van der Waals surface area contributed by atoms with Crippen molar-refractivity contribution in [2.45, 2.75) is 26.4 Å². The predicted molar refractivity (Wildman–Crippen MR) is 85.0 cm³/mol. The van der Waals surface area contributed by atoms with Gasteiger partial charge >= 0.3 is 0 Å². The summed E-state index contributed by atoms with van der Waals surface area (Å²) in [4.78, 5) is 0. The van der Waals surface area contributed by atoms with Gasteiger partial charge in [-0.05, 0) is 24.3 Å². The molecule has 0 bridgehead atoms. The van der Waals surface area contributed by atoms with Crippen LogP contribution in [0.25, 0.3) is 0 Å². The molecular weight excluding hydrogens is 293 g/mol. The lowest BCUT2D eigenvalue weighted by atomic mass is 10.2. The van der Waals surface area contributed by atoms with Gasteiger partial charge in [-0.15, -0.1) is 0 Å². The van der Waals surface area contributed by atoms with Crippen molar-refractivity contribution in [3.05, 3.63) is 58.1 Å². The van der Waals surface area contributed by atoms with Crippen molar-refractivity contribution >= 4 is 23.2 Å². The molecule has 0 amide bonds. The standard InChI is InChI=1S/C16H17Cl2NO/c1-11(2)19-10-12-5-3-4-6-15(12)20-16-8-7-13(17)9-14(16)18/h3-9,11,19H,10H2,1-2H3. The van der Waals surface area contributed by atoms with E-state index in [1.165, 1.54) is 0 Å². The van der Waals surface area contributed by atoms with E-state index < -0.39 is 0 Å². The number of hydrogen-bond donors (Lipinski definition) is 1. The van der Waals surface area contributed by atoms with Crippen LogP contribution in [-0.4, -0.2) is 6.04 Å². The number of rotatable bonds is 5. The molecule has 4 heteroatoms. The molecule has 0 aliphatic carbocycles. The van der Waals surface area contributed by atoms with Crippen LogP contribution in [0.5, 0.6) is 11.5 Å². The van der Waals surface area contributed by atoms with Crippen LogP contribution >= 0.6 is 23.2 Å². The number of ether oxygens (including phenoxy) is 1. The summed E-state index contributed by atoms with van der Waals surface area (Å²) in [6.07, 6.45) is 0. The van der Waals surface area contributed by atoms with Crippen molar-refractivity contribution in [2.75, 3.05) is 0 Å². The molecule has 0 aromatic heterocycles.